The molecule has 1 N–H and O–H groups in total. The van der Waals surface area contributed by atoms with Gasteiger partial charge in [-0.15, -0.1) is 0 Å². The molecule has 0 amide bonds. The Hall–Kier alpha value is -2.15. The van der Waals surface area contributed by atoms with Crippen LogP contribution in [0.15, 0.2) is 35.3 Å². The van der Waals surface area contributed by atoms with Gasteiger partial charge >= 0.3 is 0 Å². The minimum absolute atomic E-state index is 0.447. The van der Waals surface area contributed by atoms with Crippen molar-refractivity contribution < 1.29 is 0 Å². The van der Waals surface area contributed by atoms with E-state index in [0.29, 0.717) is 5.92 Å². The lowest BCUT2D eigenvalue weighted by Crippen LogP contribution is -2.53. The number of benzene rings is 1. The van der Waals surface area contributed by atoms with Crippen molar-refractivity contribution in [2.75, 3.05) is 44.7 Å². The van der Waals surface area contributed by atoms with Gasteiger partial charge in [-0.2, -0.15) is 4.37 Å². The molecule has 2 aromatic rings. The van der Waals surface area contributed by atoms with Crippen LogP contribution in [0.2, 0.25) is 0 Å². The van der Waals surface area contributed by atoms with Gasteiger partial charge in [0.2, 0.25) is 5.13 Å². The van der Waals surface area contributed by atoms with Crippen LogP contribution in [0.5, 0.6) is 0 Å². The van der Waals surface area contributed by atoms with E-state index in [1.165, 1.54) is 17.1 Å². The molecule has 0 bridgehead atoms. The van der Waals surface area contributed by atoms with Gasteiger partial charge in [-0.3, -0.25) is 4.99 Å². The average Bonchev–Trinajstić information content (AvgIpc) is 3.19. The van der Waals surface area contributed by atoms with Crippen molar-refractivity contribution >= 4 is 22.6 Å². The number of piperazine rings is 1. The summed E-state index contributed by atoms with van der Waals surface area (Å²) in [5.41, 5.74) is 1.35. The van der Waals surface area contributed by atoms with Gasteiger partial charge in [0.05, 0.1) is 0 Å². The number of aromatic nitrogens is 2. The third-order valence-corrected chi connectivity index (χ3v) is 5.58. The van der Waals surface area contributed by atoms with E-state index >= 15 is 0 Å². The molecule has 3 rings (SSSR count). The summed E-state index contributed by atoms with van der Waals surface area (Å²) in [6.07, 6.45) is 0.895. The lowest BCUT2D eigenvalue weighted by Gasteiger charge is -2.36. The summed E-state index contributed by atoms with van der Waals surface area (Å²) in [5, 5.41) is 4.58. The summed E-state index contributed by atoms with van der Waals surface area (Å²) in [6.45, 7) is 9.01. The monoisotopic (exact) mass is 372 g/mol. The number of hydrogen-bond acceptors (Lipinski definition) is 5. The van der Waals surface area contributed by atoms with Crippen molar-refractivity contribution in [1.29, 1.82) is 0 Å². The van der Waals surface area contributed by atoms with Crippen molar-refractivity contribution in [3.63, 3.8) is 0 Å². The molecule has 140 valence electrons. The fourth-order valence-corrected chi connectivity index (χ4v) is 3.90. The molecule has 0 saturated carbocycles. The summed E-state index contributed by atoms with van der Waals surface area (Å²) >= 11 is 1.51. The number of nitrogens with one attached hydrogen (secondary N) is 1. The maximum absolute atomic E-state index is 4.60. The van der Waals surface area contributed by atoms with E-state index in [2.05, 4.69) is 73.6 Å². The zero-order valence-electron chi connectivity index (χ0n) is 15.9. The zero-order valence-corrected chi connectivity index (χ0v) is 16.7. The first-order chi connectivity index (χ1) is 12.7. The number of aryl methyl sites for hydroxylation is 1. The highest BCUT2D eigenvalue weighted by Gasteiger charge is 2.22. The Morgan fingerprint density at radius 1 is 1.23 bits per heavy atom. The molecule has 6 nitrogen and oxygen atoms in total. The minimum atomic E-state index is 0.447. The van der Waals surface area contributed by atoms with Gasteiger partial charge < -0.3 is 15.1 Å². The lowest BCUT2D eigenvalue weighted by atomic mass is 10.0. The number of guanidine groups is 1. The van der Waals surface area contributed by atoms with Crippen LogP contribution in [0.4, 0.5) is 5.13 Å². The van der Waals surface area contributed by atoms with Gasteiger partial charge in [-0.25, -0.2) is 4.98 Å². The van der Waals surface area contributed by atoms with E-state index in [9.17, 15) is 0 Å². The van der Waals surface area contributed by atoms with Gasteiger partial charge in [0.1, 0.15) is 5.82 Å². The Balaban J connectivity index is 1.50. The van der Waals surface area contributed by atoms with E-state index < -0.39 is 0 Å². The largest absolute Gasteiger partial charge is 0.356 e. The first-order valence-electron chi connectivity index (χ1n) is 9.29. The zero-order chi connectivity index (χ0) is 18.4. The number of aliphatic imine (C=N–C) groups is 1. The van der Waals surface area contributed by atoms with E-state index in [4.69, 9.17) is 0 Å². The van der Waals surface area contributed by atoms with Gasteiger partial charge in [-0.1, -0.05) is 44.2 Å². The summed E-state index contributed by atoms with van der Waals surface area (Å²) in [6, 6.07) is 10.6. The molecule has 1 unspecified atom stereocenters. The standard InChI is InChI=1S/C19H28N6S/c1-4-17-22-19(26-23-17)25-12-10-24(11-13-25)18(20-3)21-14-15(2)16-8-6-5-7-9-16/h5-9,15H,4,10-14H2,1-3H3,(H,20,21). The molecule has 0 spiro atoms. The van der Waals surface area contributed by atoms with Crippen LogP contribution in [-0.2, 0) is 6.42 Å². The van der Waals surface area contributed by atoms with Gasteiger partial charge in [0, 0.05) is 57.7 Å². The molecule has 2 heterocycles. The molecule has 0 aliphatic carbocycles. The predicted octanol–water partition coefficient (Wildman–Crippen LogP) is 2.60. The topological polar surface area (TPSA) is 56.7 Å². The molecule has 1 aliphatic heterocycles. The van der Waals surface area contributed by atoms with Crippen LogP contribution in [0, 0.1) is 0 Å². The van der Waals surface area contributed by atoms with E-state index in [-0.39, 0.29) is 0 Å². The summed E-state index contributed by atoms with van der Waals surface area (Å²) in [4.78, 5) is 13.7. The minimum Gasteiger partial charge on any atom is -0.356 e. The van der Waals surface area contributed by atoms with Crippen LogP contribution < -0.4 is 10.2 Å². The molecular formula is C19H28N6S. The van der Waals surface area contributed by atoms with Gasteiger partial charge in [0.25, 0.3) is 0 Å². The summed E-state index contributed by atoms with van der Waals surface area (Å²) in [7, 11) is 1.86. The number of rotatable bonds is 5. The highest BCUT2D eigenvalue weighted by molar-refractivity contribution is 7.09. The van der Waals surface area contributed by atoms with Crippen molar-refractivity contribution in [2.24, 2.45) is 4.99 Å². The quantitative estimate of drug-likeness (QED) is 0.646. The predicted molar refractivity (Wildman–Crippen MR) is 109 cm³/mol. The van der Waals surface area contributed by atoms with Gasteiger partial charge in [-0.05, 0) is 11.5 Å². The third-order valence-electron chi connectivity index (χ3n) is 4.77. The van der Waals surface area contributed by atoms with Crippen LogP contribution >= 0.6 is 11.5 Å². The Morgan fingerprint density at radius 3 is 2.58 bits per heavy atom. The SMILES string of the molecule is CCc1nsc(N2CCN(C(=NC)NCC(C)c3ccccc3)CC2)n1. The first kappa shape index (κ1) is 18.6. The Morgan fingerprint density at radius 2 is 1.96 bits per heavy atom. The van der Waals surface area contributed by atoms with Crippen molar-refractivity contribution in [3.8, 4) is 0 Å². The molecule has 1 atom stereocenters. The maximum Gasteiger partial charge on any atom is 0.205 e. The normalized spacial score (nSPS) is 16.7. The van der Waals surface area contributed by atoms with Crippen LogP contribution in [0.1, 0.15) is 31.2 Å². The second-order valence-corrected chi connectivity index (χ2v) is 7.29. The molecule has 0 radical (unpaired) electrons. The average molecular weight is 373 g/mol. The van der Waals surface area contributed by atoms with Crippen molar-refractivity contribution in [3.05, 3.63) is 41.7 Å². The maximum atomic E-state index is 4.60. The van der Waals surface area contributed by atoms with Crippen LogP contribution in [0.3, 0.4) is 0 Å². The number of nitrogens with zero attached hydrogens (tertiary/aromatic N) is 5. The first-order valence-corrected chi connectivity index (χ1v) is 10.1. The highest BCUT2D eigenvalue weighted by atomic mass is 32.1. The second kappa shape index (κ2) is 8.98. The molecule has 7 heteroatoms. The number of hydrogen-bond donors (Lipinski definition) is 1. The molecule has 1 aromatic carbocycles. The van der Waals surface area contributed by atoms with E-state index in [0.717, 1.165) is 56.1 Å². The molecule has 1 fully saturated rings. The fraction of sp³-hybridized carbons (Fsp3) is 0.526. The molecule has 1 aliphatic rings. The Kier molecular flexibility index (Phi) is 6.44. The van der Waals surface area contributed by atoms with Crippen LogP contribution in [0.25, 0.3) is 0 Å². The highest BCUT2D eigenvalue weighted by Crippen LogP contribution is 2.19. The molecule has 1 aromatic heterocycles. The summed E-state index contributed by atoms with van der Waals surface area (Å²) in [5.74, 6) is 2.38. The lowest BCUT2D eigenvalue weighted by molar-refractivity contribution is 0.371. The summed E-state index contributed by atoms with van der Waals surface area (Å²) < 4.78 is 4.40. The Bertz CT molecular complexity index is 706. The van der Waals surface area contributed by atoms with Crippen molar-refractivity contribution in [1.82, 2.24) is 19.6 Å². The van der Waals surface area contributed by atoms with E-state index in [1.54, 1.807) is 0 Å². The number of anilines is 1. The molecule has 1 saturated heterocycles. The Labute approximate surface area is 160 Å². The smallest absolute Gasteiger partial charge is 0.205 e. The van der Waals surface area contributed by atoms with Crippen LogP contribution in [-0.4, -0.2) is 60.0 Å². The molecule has 26 heavy (non-hydrogen) atoms. The van der Waals surface area contributed by atoms with Gasteiger partial charge in [0.15, 0.2) is 5.96 Å². The third kappa shape index (κ3) is 4.52. The van der Waals surface area contributed by atoms with E-state index in [1.807, 2.05) is 7.05 Å². The fourth-order valence-electron chi connectivity index (χ4n) is 3.10. The van der Waals surface area contributed by atoms with Crippen molar-refractivity contribution in [2.45, 2.75) is 26.2 Å². The molecular weight excluding hydrogens is 344 g/mol. The second-order valence-electron chi connectivity index (χ2n) is 6.56.